The van der Waals surface area contributed by atoms with E-state index in [1.54, 1.807) is 63.2 Å². The van der Waals surface area contributed by atoms with Crippen molar-refractivity contribution in [3.63, 3.8) is 0 Å². The summed E-state index contributed by atoms with van der Waals surface area (Å²) in [5, 5.41) is -0.482. The quantitative estimate of drug-likeness (QED) is 0.829. The average Bonchev–Trinajstić information content (AvgIpc) is 2.54. The maximum atomic E-state index is 13.8. The van der Waals surface area contributed by atoms with Gasteiger partial charge in [-0.2, -0.15) is 0 Å². The summed E-state index contributed by atoms with van der Waals surface area (Å²) in [7, 11) is -3.30. The fourth-order valence-electron chi connectivity index (χ4n) is 2.08. The molecule has 4 nitrogen and oxygen atoms in total. The van der Waals surface area contributed by atoms with Gasteiger partial charge in [-0.15, -0.1) is 0 Å². The van der Waals surface area contributed by atoms with Gasteiger partial charge in [-0.25, -0.2) is 17.5 Å². The van der Waals surface area contributed by atoms with Crippen LogP contribution in [0.25, 0.3) is 11.1 Å². The predicted octanol–water partition coefficient (Wildman–Crippen LogP) is 3.59. The average molecular weight is 351 g/mol. The van der Waals surface area contributed by atoms with Gasteiger partial charge >= 0.3 is 0 Å². The van der Waals surface area contributed by atoms with Crippen molar-refractivity contribution in [2.45, 2.75) is 32.1 Å². The molecule has 0 heterocycles. The maximum Gasteiger partial charge on any atom is 0.214 e. The van der Waals surface area contributed by atoms with E-state index >= 15 is 0 Å². The molecule has 2 aromatic carbocycles. The van der Waals surface area contributed by atoms with Crippen molar-refractivity contribution in [2.75, 3.05) is 6.54 Å². The Labute approximate surface area is 142 Å². The molecule has 1 unspecified atom stereocenters. The number of hydrogen-bond acceptors (Lipinski definition) is 3. The summed E-state index contributed by atoms with van der Waals surface area (Å²) < 4.78 is 45.4. The van der Waals surface area contributed by atoms with Crippen molar-refractivity contribution in [3.05, 3.63) is 54.3 Å². The molecule has 1 atom stereocenters. The molecule has 0 saturated heterocycles. The van der Waals surface area contributed by atoms with Gasteiger partial charge in [0.05, 0.1) is 5.25 Å². The molecule has 1 N–H and O–H groups in total. The minimum atomic E-state index is -3.30. The van der Waals surface area contributed by atoms with E-state index in [2.05, 4.69) is 4.72 Å². The van der Waals surface area contributed by atoms with Gasteiger partial charge in [-0.1, -0.05) is 30.3 Å². The molecule has 0 aliphatic heterocycles. The van der Waals surface area contributed by atoms with Gasteiger partial charge in [0.2, 0.25) is 10.0 Å². The Morgan fingerprint density at radius 2 is 1.67 bits per heavy atom. The summed E-state index contributed by atoms with van der Waals surface area (Å²) in [4.78, 5) is 0. The first-order valence-electron chi connectivity index (χ1n) is 7.79. The van der Waals surface area contributed by atoms with Crippen molar-refractivity contribution in [1.82, 2.24) is 4.72 Å². The fraction of sp³-hybridized carbons (Fsp3) is 0.333. The van der Waals surface area contributed by atoms with Crippen LogP contribution in [0.4, 0.5) is 4.39 Å². The van der Waals surface area contributed by atoms with Crippen LogP contribution >= 0.6 is 0 Å². The molecule has 0 amide bonds. The third-order valence-electron chi connectivity index (χ3n) is 3.57. The van der Waals surface area contributed by atoms with Gasteiger partial charge in [0.15, 0.2) is 0 Å². The fourth-order valence-corrected chi connectivity index (χ4v) is 2.88. The number of benzene rings is 2. The molecule has 0 radical (unpaired) electrons. The predicted molar refractivity (Wildman–Crippen MR) is 94.0 cm³/mol. The molecule has 0 saturated carbocycles. The van der Waals surface area contributed by atoms with E-state index in [1.807, 2.05) is 0 Å². The van der Waals surface area contributed by atoms with Crippen LogP contribution in [-0.4, -0.2) is 26.3 Å². The molecule has 2 aromatic rings. The first-order chi connectivity index (χ1) is 11.3. The van der Waals surface area contributed by atoms with Crippen LogP contribution in [0.3, 0.4) is 0 Å². The van der Waals surface area contributed by atoms with Crippen LogP contribution in [0, 0.1) is 5.82 Å². The summed E-state index contributed by atoms with van der Waals surface area (Å²) in [5.41, 5.74) is 1.29. The van der Waals surface area contributed by atoms with E-state index in [0.717, 1.165) is 5.56 Å². The maximum absolute atomic E-state index is 13.8. The first kappa shape index (κ1) is 18.4. The molecule has 0 aliphatic rings. The lowest BCUT2D eigenvalue weighted by atomic mass is 10.1. The summed E-state index contributed by atoms with van der Waals surface area (Å²) in [6.07, 6.45) is -0.321. The Kier molecular flexibility index (Phi) is 5.96. The van der Waals surface area contributed by atoms with Crippen LogP contribution in [-0.2, 0) is 10.0 Å². The third-order valence-corrected chi connectivity index (χ3v) is 5.38. The second-order valence-corrected chi connectivity index (χ2v) is 8.20. The summed E-state index contributed by atoms with van der Waals surface area (Å²) >= 11 is 0. The highest BCUT2D eigenvalue weighted by atomic mass is 32.2. The Balaban J connectivity index is 1.98. The number of hydrogen-bond donors (Lipinski definition) is 1. The van der Waals surface area contributed by atoms with Crippen LogP contribution < -0.4 is 9.46 Å². The van der Waals surface area contributed by atoms with Gasteiger partial charge < -0.3 is 4.74 Å². The zero-order chi connectivity index (χ0) is 17.7. The summed E-state index contributed by atoms with van der Waals surface area (Å²) in [6, 6.07) is 13.6. The van der Waals surface area contributed by atoms with Gasteiger partial charge in [0.1, 0.15) is 17.7 Å². The van der Waals surface area contributed by atoms with Gasteiger partial charge in [-0.05, 0) is 44.5 Å². The molecule has 0 aliphatic carbocycles. The highest BCUT2D eigenvalue weighted by Gasteiger charge is 2.17. The lowest BCUT2D eigenvalue weighted by Gasteiger charge is -2.17. The lowest BCUT2D eigenvalue weighted by Crippen LogP contribution is -2.37. The monoisotopic (exact) mass is 351 g/mol. The number of rotatable bonds is 7. The zero-order valence-electron chi connectivity index (χ0n) is 14.0. The second-order valence-electron chi connectivity index (χ2n) is 5.87. The SMILES string of the molecule is CC(CNS(=O)(=O)C(C)C)Oc1ccc(-c2ccccc2F)cc1. The smallest absolute Gasteiger partial charge is 0.214 e. The Bertz CT molecular complexity index is 773. The minimum absolute atomic E-state index is 0.190. The molecule has 6 heteroatoms. The van der Waals surface area contributed by atoms with E-state index in [1.165, 1.54) is 6.07 Å². The van der Waals surface area contributed by atoms with Crippen molar-refractivity contribution >= 4 is 10.0 Å². The van der Waals surface area contributed by atoms with E-state index in [4.69, 9.17) is 4.74 Å². The molecular formula is C18H22FNO3S. The van der Waals surface area contributed by atoms with Crippen molar-refractivity contribution in [3.8, 4) is 16.9 Å². The van der Waals surface area contributed by atoms with Gasteiger partial charge in [0, 0.05) is 12.1 Å². The molecule has 0 spiro atoms. The van der Waals surface area contributed by atoms with Gasteiger partial charge in [0.25, 0.3) is 0 Å². The van der Waals surface area contributed by atoms with Crippen LogP contribution in [0.5, 0.6) is 5.75 Å². The van der Waals surface area contributed by atoms with Crippen LogP contribution in [0.15, 0.2) is 48.5 Å². The van der Waals surface area contributed by atoms with E-state index in [-0.39, 0.29) is 18.5 Å². The number of nitrogens with one attached hydrogen (secondary N) is 1. The number of halogens is 1. The molecular weight excluding hydrogens is 329 g/mol. The van der Waals surface area contributed by atoms with Crippen molar-refractivity contribution < 1.29 is 17.5 Å². The highest BCUT2D eigenvalue weighted by molar-refractivity contribution is 7.90. The molecule has 0 aromatic heterocycles. The van der Waals surface area contributed by atoms with E-state index < -0.39 is 15.3 Å². The summed E-state index contributed by atoms with van der Waals surface area (Å²) in [6.45, 7) is 5.22. The lowest BCUT2D eigenvalue weighted by molar-refractivity contribution is 0.225. The number of ether oxygens (including phenoxy) is 1. The standard InChI is InChI=1S/C18H22FNO3S/c1-13(2)24(21,22)20-12-14(3)23-16-10-8-15(9-11-16)17-6-4-5-7-18(17)19/h4-11,13-14,20H,12H2,1-3H3. The van der Waals surface area contributed by atoms with Gasteiger partial charge in [-0.3, -0.25) is 0 Å². The second kappa shape index (κ2) is 7.77. The topological polar surface area (TPSA) is 55.4 Å². The molecule has 0 fully saturated rings. The van der Waals surface area contributed by atoms with Crippen molar-refractivity contribution in [1.29, 1.82) is 0 Å². The van der Waals surface area contributed by atoms with Crippen LogP contribution in [0.2, 0.25) is 0 Å². The number of sulfonamides is 1. The van der Waals surface area contributed by atoms with E-state index in [0.29, 0.717) is 11.3 Å². The molecule has 24 heavy (non-hydrogen) atoms. The molecule has 2 rings (SSSR count). The zero-order valence-corrected chi connectivity index (χ0v) is 14.8. The minimum Gasteiger partial charge on any atom is -0.489 e. The normalized spacial score (nSPS) is 13.0. The van der Waals surface area contributed by atoms with Crippen molar-refractivity contribution in [2.24, 2.45) is 0 Å². The Hall–Kier alpha value is -1.92. The third kappa shape index (κ3) is 4.79. The summed E-state index contributed by atoms with van der Waals surface area (Å²) in [5.74, 6) is 0.328. The Morgan fingerprint density at radius 3 is 2.25 bits per heavy atom. The first-order valence-corrected chi connectivity index (χ1v) is 9.34. The van der Waals surface area contributed by atoms with E-state index in [9.17, 15) is 12.8 Å². The molecule has 0 bridgehead atoms. The van der Waals surface area contributed by atoms with Crippen LogP contribution in [0.1, 0.15) is 20.8 Å². The highest BCUT2D eigenvalue weighted by Crippen LogP contribution is 2.25. The Morgan fingerprint density at radius 1 is 1.04 bits per heavy atom. The largest absolute Gasteiger partial charge is 0.489 e. The molecule has 130 valence electrons.